The van der Waals surface area contributed by atoms with Crippen LogP contribution in [0.1, 0.15) is 44.9 Å². The maximum Gasteiger partial charge on any atom is 0.257 e. The average Bonchev–Trinajstić information content (AvgIpc) is 2.96. The van der Waals surface area contributed by atoms with Crippen molar-refractivity contribution in [3.8, 4) is 5.75 Å². The molecule has 4 rings (SSSR count). The van der Waals surface area contributed by atoms with Gasteiger partial charge in [0.1, 0.15) is 24.0 Å². The molecule has 1 heterocycles. The number of carbonyl (C=O) groups excluding carboxylic acids is 3. The number of fused-ring (bicyclic) bond motifs is 1. The topological polar surface area (TPSA) is 88.2 Å². The summed E-state index contributed by atoms with van der Waals surface area (Å²) in [4.78, 5) is 42.9. The van der Waals surface area contributed by atoms with E-state index in [1.807, 2.05) is 13.8 Å². The van der Waals surface area contributed by atoms with Crippen LogP contribution in [0.2, 0.25) is 0 Å². The summed E-state index contributed by atoms with van der Waals surface area (Å²) in [5.41, 5.74) is 1.25. The summed E-state index contributed by atoms with van der Waals surface area (Å²) < 4.78 is 38.7. The first kappa shape index (κ1) is 29.7. The van der Waals surface area contributed by atoms with Crippen molar-refractivity contribution in [1.29, 1.82) is 0 Å². The standard InChI is InChI=1S/C31H33F2N3O5/c1-19-16-36(30(38)22-7-11-24(33)12-8-22)20(2)18-41-27-15-25(34-29(37)21-5-9-23(32)10-6-21)13-14-26(27)31(39)35(3)17-28(19)40-4/h5-15,19-20,28H,16-18H2,1-4H3,(H,34,37)/t19-,20+,28+/m0/s1. The Labute approximate surface area is 237 Å². The van der Waals surface area contributed by atoms with Crippen molar-refractivity contribution >= 4 is 23.4 Å². The number of rotatable bonds is 4. The van der Waals surface area contributed by atoms with E-state index in [1.54, 1.807) is 37.3 Å². The molecule has 8 nitrogen and oxygen atoms in total. The van der Waals surface area contributed by atoms with Crippen molar-refractivity contribution in [2.75, 3.05) is 39.2 Å². The molecule has 3 aromatic carbocycles. The van der Waals surface area contributed by atoms with E-state index in [-0.39, 0.29) is 53.9 Å². The number of ether oxygens (including phenoxy) is 2. The van der Waals surface area contributed by atoms with Gasteiger partial charge in [-0.2, -0.15) is 0 Å². The van der Waals surface area contributed by atoms with Gasteiger partial charge in [-0.15, -0.1) is 0 Å². The van der Waals surface area contributed by atoms with E-state index < -0.39 is 23.6 Å². The van der Waals surface area contributed by atoms with Gasteiger partial charge in [0.05, 0.1) is 17.7 Å². The van der Waals surface area contributed by atoms with E-state index in [4.69, 9.17) is 9.47 Å². The summed E-state index contributed by atoms with van der Waals surface area (Å²) in [5, 5.41) is 2.74. The summed E-state index contributed by atoms with van der Waals surface area (Å²) in [5.74, 6) is -1.85. The second-order valence-electron chi connectivity index (χ2n) is 10.2. The zero-order valence-electron chi connectivity index (χ0n) is 23.4. The summed E-state index contributed by atoms with van der Waals surface area (Å²) in [6.45, 7) is 4.38. The maximum absolute atomic E-state index is 13.5. The minimum absolute atomic E-state index is 0.0384. The number of amides is 3. The van der Waals surface area contributed by atoms with Crippen LogP contribution in [0.5, 0.6) is 5.75 Å². The van der Waals surface area contributed by atoms with Gasteiger partial charge >= 0.3 is 0 Å². The number of nitrogens with one attached hydrogen (secondary N) is 1. The number of benzene rings is 3. The lowest BCUT2D eigenvalue weighted by atomic mass is 10.0. The quantitative estimate of drug-likeness (QED) is 0.488. The van der Waals surface area contributed by atoms with Gasteiger partial charge in [0.2, 0.25) is 0 Å². The molecule has 3 atom stereocenters. The predicted molar refractivity (Wildman–Crippen MR) is 150 cm³/mol. The van der Waals surface area contributed by atoms with E-state index in [1.165, 1.54) is 53.4 Å². The molecule has 0 saturated heterocycles. The second kappa shape index (κ2) is 12.9. The van der Waals surface area contributed by atoms with Gasteiger partial charge in [-0.3, -0.25) is 14.4 Å². The number of carbonyl (C=O) groups is 3. The van der Waals surface area contributed by atoms with Crippen molar-refractivity contribution in [3.05, 3.63) is 95.1 Å². The molecule has 216 valence electrons. The summed E-state index contributed by atoms with van der Waals surface area (Å²) in [7, 11) is 3.22. The number of anilines is 1. The molecule has 0 aliphatic carbocycles. The molecule has 0 unspecified atom stereocenters. The van der Waals surface area contributed by atoms with Gasteiger partial charge < -0.3 is 24.6 Å². The van der Waals surface area contributed by atoms with E-state index in [0.717, 1.165) is 0 Å². The number of nitrogens with zero attached hydrogens (tertiary/aromatic N) is 2. The van der Waals surface area contributed by atoms with Gasteiger partial charge in [-0.05, 0) is 67.6 Å². The zero-order chi connectivity index (χ0) is 29.7. The second-order valence-corrected chi connectivity index (χ2v) is 10.2. The van der Waals surface area contributed by atoms with Gasteiger partial charge in [-0.1, -0.05) is 6.92 Å². The van der Waals surface area contributed by atoms with Crippen LogP contribution in [0.3, 0.4) is 0 Å². The molecule has 0 aromatic heterocycles. The number of hydrogen-bond donors (Lipinski definition) is 1. The van der Waals surface area contributed by atoms with Crippen LogP contribution < -0.4 is 10.1 Å². The molecule has 1 N–H and O–H groups in total. The molecule has 10 heteroatoms. The lowest BCUT2D eigenvalue weighted by Crippen LogP contribution is -2.48. The highest BCUT2D eigenvalue weighted by molar-refractivity contribution is 6.05. The molecular formula is C31H33F2N3O5. The fourth-order valence-electron chi connectivity index (χ4n) is 4.70. The molecule has 0 radical (unpaired) electrons. The van der Waals surface area contributed by atoms with Crippen LogP contribution in [0.25, 0.3) is 0 Å². The van der Waals surface area contributed by atoms with E-state index in [0.29, 0.717) is 17.8 Å². The predicted octanol–water partition coefficient (Wildman–Crippen LogP) is 4.86. The van der Waals surface area contributed by atoms with Crippen LogP contribution in [-0.2, 0) is 4.74 Å². The fourth-order valence-corrected chi connectivity index (χ4v) is 4.70. The van der Waals surface area contributed by atoms with Crippen LogP contribution in [0, 0.1) is 17.6 Å². The van der Waals surface area contributed by atoms with Crippen molar-refractivity contribution in [2.24, 2.45) is 5.92 Å². The maximum atomic E-state index is 13.5. The molecular weight excluding hydrogens is 532 g/mol. The lowest BCUT2D eigenvalue weighted by molar-refractivity contribution is 0.0111. The zero-order valence-corrected chi connectivity index (χ0v) is 23.4. The number of halogens is 2. The third-order valence-corrected chi connectivity index (χ3v) is 7.16. The Morgan fingerprint density at radius 3 is 2.15 bits per heavy atom. The van der Waals surface area contributed by atoms with Gasteiger partial charge in [-0.25, -0.2) is 8.78 Å². The van der Waals surface area contributed by atoms with Crippen molar-refractivity contribution in [2.45, 2.75) is 26.0 Å². The number of hydrogen-bond acceptors (Lipinski definition) is 5. The van der Waals surface area contributed by atoms with Crippen LogP contribution in [0.4, 0.5) is 14.5 Å². The van der Waals surface area contributed by atoms with Gasteiger partial charge in [0.15, 0.2) is 0 Å². The third-order valence-electron chi connectivity index (χ3n) is 7.16. The molecule has 0 bridgehead atoms. The van der Waals surface area contributed by atoms with Crippen molar-refractivity contribution in [3.63, 3.8) is 0 Å². The molecule has 41 heavy (non-hydrogen) atoms. The molecule has 3 amide bonds. The van der Waals surface area contributed by atoms with E-state index in [2.05, 4.69) is 5.32 Å². The Morgan fingerprint density at radius 1 is 0.927 bits per heavy atom. The SMILES string of the molecule is CO[C@@H]1CN(C)C(=O)c2ccc(NC(=O)c3ccc(F)cc3)cc2OC[C@@H](C)N(C(=O)c2ccc(F)cc2)C[C@@H]1C. The molecule has 0 saturated carbocycles. The van der Waals surface area contributed by atoms with Crippen molar-refractivity contribution < 1.29 is 32.6 Å². The number of likely N-dealkylation sites (N-methyl/N-ethyl adjacent to an activating group) is 1. The monoisotopic (exact) mass is 565 g/mol. The minimum Gasteiger partial charge on any atom is -0.491 e. The Morgan fingerprint density at radius 2 is 1.54 bits per heavy atom. The highest BCUT2D eigenvalue weighted by atomic mass is 19.1. The molecule has 1 aliphatic rings. The first-order valence-corrected chi connectivity index (χ1v) is 13.3. The van der Waals surface area contributed by atoms with E-state index in [9.17, 15) is 23.2 Å². The summed E-state index contributed by atoms with van der Waals surface area (Å²) >= 11 is 0. The van der Waals surface area contributed by atoms with Gasteiger partial charge in [0, 0.05) is 56.0 Å². The summed E-state index contributed by atoms with van der Waals surface area (Å²) in [6, 6.07) is 14.8. The van der Waals surface area contributed by atoms with Crippen LogP contribution in [0.15, 0.2) is 66.7 Å². The van der Waals surface area contributed by atoms with Gasteiger partial charge in [0.25, 0.3) is 17.7 Å². The smallest absolute Gasteiger partial charge is 0.257 e. The first-order valence-electron chi connectivity index (χ1n) is 13.3. The Hall–Kier alpha value is -4.31. The lowest BCUT2D eigenvalue weighted by Gasteiger charge is -2.36. The Balaban J connectivity index is 1.66. The normalized spacial score (nSPS) is 19.9. The largest absolute Gasteiger partial charge is 0.491 e. The fraction of sp³-hybridized carbons (Fsp3) is 0.323. The molecule has 0 spiro atoms. The van der Waals surface area contributed by atoms with Crippen molar-refractivity contribution in [1.82, 2.24) is 9.80 Å². The minimum atomic E-state index is -0.456. The molecule has 0 fully saturated rings. The van der Waals surface area contributed by atoms with Crippen LogP contribution in [-0.4, -0.2) is 73.5 Å². The van der Waals surface area contributed by atoms with Crippen LogP contribution >= 0.6 is 0 Å². The highest BCUT2D eigenvalue weighted by Crippen LogP contribution is 2.27. The van der Waals surface area contributed by atoms with E-state index >= 15 is 0 Å². The first-order chi connectivity index (χ1) is 19.6. The highest BCUT2D eigenvalue weighted by Gasteiger charge is 2.31. The summed E-state index contributed by atoms with van der Waals surface area (Å²) in [6.07, 6.45) is -0.377. The third kappa shape index (κ3) is 7.07. The number of methoxy groups -OCH3 is 1. The molecule has 3 aromatic rings. The Kier molecular flexibility index (Phi) is 9.34. The molecule has 1 aliphatic heterocycles. The Bertz CT molecular complexity index is 1400. The average molecular weight is 566 g/mol.